The summed E-state index contributed by atoms with van der Waals surface area (Å²) in [7, 11) is 1.62. The number of para-hydroxylation sites is 1. The van der Waals surface area contributed by atoms with Crippen LogP contribution in [0.15, 0.2) is 55.0 Å². The Kier molecular flexibility index (Phi) is 6.50. The smallest absolute Gasteiger partial charge is 0.256 e. The molecule has 1 N–H and O–H groups in total. The molecule has 2 aliphatic heterocycles. The molecular weight excluding hydrogens is 470 g/mol. The zero-order valence-electron chi connectivity index (χ0n) is 20.7. The summed E-state index contributed by atoms with van der Waals surface area (Å²) < 4.78 is 11.2. The number of amides is 1. The molecule has 0 radical (unpaired) electrons. The quantitative estimate of drug-likeness (QED) is 0.431. The first-order chi connectivity index (χ1) is 18.2. The summed E-state index contributed by atoms with van der Waals surface area (Å²) in [5, 5.41) is 8.73. The van der Waals surface area contributed by atoms with Crippen molar-refractivity contribution < 1.29 is 14.3 Å². The summed E-state index contributed by atoms with van der Waals surface area (Å²) in [6, 6.07) is 11.4. The number of nitrogens with one attached hydrogen (secondary N) is 1. The fraction of sp³-hybridized carbons (Fsp3) is 0.370. The van der Waals surface area contributed by atoms with E-state index in [0.29, 0.717) is 30.5 Å². The van der Waals surface area contributed by atoms with Gasteiger partial charge in [-0.1, -0.05) is 18.2 Å². The van der Waals surface area contributed by atoms with Crippen LogP contribution in [0.2, 0.25) is 0 Å². The second-order valence-corrected chi connectivity index (χ2v) is 9.55. The SMILES string of the molecule is COc1nc2ccccc2cc1-c1cnc(C2CN(CC3CCOC3)CCN2C(=O)c2ccnnc2)[nH]1. The van der Waals surface area contributed by atoms with E-state index in [-0.39, 0.29) is 11.9 Å². The Balaban J connectivity index is 1.33. The number of pyridine rings is 1. The zero-order chi connectivity index (χ0) is 25.2. The Bertz CT molecular complexity index is 1390. The van der Waals surface area contributed by atoms with Gasteiger partial charge < -0.3 is 19.4 Å². The molecule has 2 fully saturated rings. The average Bonchev–Trinajstić information content (AvgIpc) is 3.65. The number of nitrogens with zero attached hydrogens (tertiary/aromatic N) is 6. The van der Waals surface area contributed by atoms with E-state index >= 15 is 0 Å². The van der Waals surface area contributed by atoms with E-state index in [9.17, 15) is 4.79 Å². The standard InChI is InChI=1S/C27H29N7O3/c1-36-26-21(12-19-4-2-3-5-22(19)32-26)23-14-28-25(31-23)24-16-33(15-18-7-11-37-17-18)9-10-34(24)27(35)20-6-8-29-30-13-20/h2-6,8,12-14,18,24H,7,9-11,15-17H2,1H3,(H,28,31). The molecule has 2 unspecified atom stereocenters. The number of carbonyl (C=O) groups excluding carboxylic acids is 1. The van der Waals surface area contributed by atoms with Crippen LogP contribution in [0.25, 0.3) is 22.2 Å². The highest BCUT2D eigenvalue weighted by atomic mass is 16.5. The Morgan fingerprint density at radius 1 is 1.19 bits per heavy atom. The summed E-state index contributed by atoms with van der Waals surface area (Å²) in [5.74, 6) is 1.70. The second kappa shape index (κ2) is 10.2. The van der Waals surface area contributed by atoms with Gasteiger partial charge in [0.1, 0.15) is 11.9 Å². The maximum absolute atomic E-state index is 13.5. The molecule has 5 heterocycles. The van der Waals surface area contributed by atoms with Crippen molar-refractivity contribution in [3.05, 3.63) is 66.4 Å². The van der Waals surface area contributed by atoms with Gasteiger partial charge in [-0.25, -0.2) is 9.97 Å². The van der Waals surface area contributed by atoms with E-state index in [0.717, 1.165) is 60.7 Å². The van der Waals surface area contributed by atoms with Gasteiger partial charge in [-0.15, -0.1) is 0 Å². The predicted molar refractivity (Wildman–Crippen MR) is 137 cm³/mol. The molecule has 1 amide bonds. The van der Waals surface area contributed by atoms with Crippen LogP contribution >= 0.6 is 0 Å². The van der Waals surface area contributed by atoms with Gasteiger partial charge >= 0.3 is 0 Å². The molecule has 10 heteroatoms. The minimum Gasteiger partial charge on any atom is -0.480 e. The highest BCUT2D eigenvalue weighted by Crippen LogP contribution is 2.33. The van der Waals surface area contributed by atoms with Crippen molar-refractivity contribution in [3.8, 4) is 17.1 Å². The van der Waals surface area contributed by atoms with Gasteiger partial charge in [0.15, 0.2) is 0 Å². The highest BCUT2D eigenvalue weighted by Gasteiger charge is 2.35. The Morgan fingerprint density at radius 2 is 2.11 bits per heavy atom. The highest BCUT2D eigenvalue weighted by molar-refractivity contribution is 5.94. The van der Waals surface area contributed by atoms with Crippen LogP contribution < -0.4 is 4.74 Å². The van der Waals surface area contributed by atoms with Crippen molar-refractivity contribution >= 4 is 16.8 Å². The molecule has 4 aromatic rings. The van der Waals surface area contributed by atoms with Crippen LogP contribution in [0.4, 0.5) is 0 Å². The van der Waals surface area contributed by atoms with Crippen LogP contribution in [0.1, 0.15) is 28.6 Å². The largest absolute Gasteiger partial charge is 0.480 e. The van der Waals surface area contributed by atoms with Gasteiger partial charge in [-0.05, 0) is 30.5 Å². The molecule has 0 spiro atoms. The third kappa shape index (κ3) is 4.77. The maximum Gasteiger partial charge on any atom is 0.256 e. The number of carbonyl (C=O) groups is 1. The number of ether oxygens (including phenoxy) is 2. The van der Waals surface area contributed by atoms with Gasteiger partial charge in [-0.2, -0.15) is 10.2 Å². The summed E-state index contributed by atoms with van der Waals surface area (Å²) in [6.07, 6.45) is 5.93. The number of rotatable bonds is 6. The molecule has 6 rings (SSSR count). The van der Waals surface area contributed by atoms with Gasteiger partial charge in [0.25, 0.3) is 5.91 Å². The summed E-state index contributed by atoms with van der Waals surface area (Å²) in [5.41, 5.74) is 3.01. The lowest BCUT2D eigenvalue weighted by molar-refractivity contribution is 0.0393. The van der Waals surface area contributed by atoms with Crippen molar-refractivity contribution in [2.45, 2.75) is 12.5 Å². The topological polar surface area (TPSA) is 109 Å². The minimum absolute atomic E-state index is 0.0772. The van der Waals surface area contributed by atoms with Crippen molar-refractivity contribution in [3.63, 3.8) is 0 Å². The van der Waals surface area contributed by atoms with Gasteiger partial charge in [0.2, 0.25) is 5.88 Å². The lowest BCUT2D eigenvalue weighted by Crippen LogP contribution is -2.52. The molecule has 1 aromatic carbocycles. The molecule has 2 aliphatic rings. The number of H-pyrrole nitrogens is 1. The fourth-order valence-corrected chi connectivity index (χ4v) is 5.25. The van der Waals surface area contributed by atoms with Crippen molar-refractivity contribution in [1.82, 2.24) is 34.9 Å². The summed E-state index contributed by atoms with van der Waals surface area (Å²) >= 11 is 0. The third-order valence-electron chi connectivity index (χ3n) is 7.18. The number of fused-ring (bicyclic) bond motifs is 1. The van der Waals surface area contributed by atoms with Crippen LogP contribution in [-0.2, 0) is 4.74 Å². The van der Waals surface area contributed by atoms with Crippen LogP contribution in [0, 0.1) is 5.92 Å². The van der Waals surface area contributed by atoms with Crippen LogP contribution in [0.5, 0.6) is 5.88 Å². The Hall–Kier alpha value is -3.89. The first-order valence-electron chi connectivity index (χ1n) is 12.6. The van der Waals surface area contributed by atoms with E-state index in [1.165, 1.54) is 6.20 Å². The average molecular weight is 500 g/mol. The van der Waals surface area contributed by atoms with E-state index in [4.69, 9.17) is 14.5 Å². The number of benzene rings is 1. The second-order valence-electron chi connectivity index (χ2n) is 9.55. The van der Waals surface area contributed by atoms with Crippen molar-refractivity contribution in [1.29, 1.82) is 0 Å². The molecule has 3 aromatic heterocycles. The van der Waals surface area contributed by atoms with Crippen molar-refractivity contribution in [2.75, 3.05) is 46.5 Å². The van der Waals surface area contributed by atoms with Crippen molar-refractivity contribution in [2.24, 2.45) is 5.92 Å². The molecule has 2 atom stereocenters. The van der Waals surface area contributed by atoms with E-state index < -0.39 is 0 Å². The normalized spacial score (nSPS) is 20.4. The van der Waals surface area contributed by atoms with E-state index in [2.05, 4.69) is 31.1 Å². The molecule has 10 nitrogen and oxygen atoms in total. The monoisotopic (exact) mass is 499 g/mol. The number of hydrogen-bond donors (Lipinski definition) is 1. The molecule has 37 heavy (non-hydrogen) atoms. The van der Waals surface area contributed by atoms with Crippen LogP contribution in [-0.4, -0.2) is 87.4 Å². The zero-order valence-corrected chi connectivity index (χ0v) is 20.7. The number of hydrogen-bond acceptors (Lipinski definition) is 8. The number of aromatic nitrogens is 5. The van der Waals surface area contributed by atoms with Gasteiger partial charge in [-0.3, -0.25) is 9.69 Å². The first kappa shape index (κ1) is 23.5. The molecule has 0 saturated carbocycles. The molecular formula is C27H29N7O3. The van der Waals surface area contributed by atoms with Gasteiger partial charge in [0.05, 0.1) is 54.6 Å². The lowest BCUT2D eigenvalue weighted by atomic mass is 10.1. The van der Waals surface area contributed by atoms with Gasteiger partial charge in [0, 0.05) is 38.2 Å². The van der Waals surface area contributed by atoms with E-state index in [1.807, 2.05) is 29.2 Å². The van der Waals surface area contributed by atoms with E-state index in [1.54, 1.807) is 25.6 Å². The first-order valence-corrected chi connectivity index (χ1v) is 12.6. The Morgan fingerprint density at radius 3 is 2.92 bits per heavy atom. The number of methoxy groups -OCH3 is 1. The minimum atomic E-state index is -0.245. The summed E-state index contributed by atoms with van der Waals surface area (Å²) in [4.78, 5) is 30.7. The van der Waals surface area contributed by atoms with Crippen LogP contribution in [0.3, 0.4) is 0 Å². The lowest BCUT2D eigenvalue weighted by Gasteiger charge is -2.41. The molecule has 190 valence electrons. The summed E-state index contributed by atoms with van der Waals surface area (Å²) in [6.45, 7) is 4.65. The number of imidazole rings is 1. The maximum atomic E-state index is 13.5. The number of aromatic amines is 1. The number of piperazine rings is 1. The third-order valence-corrected chi connectivity index (χ3v) is 7.18. The molecule has 2 saturated heterocycles. The Labute approximate surface area is 214 Å². The predicted octanol–water partition coefficient (Wildman–Crippen LogP) is 2.96. The molecule has 0 bridgehead atoms. The molecule has 0 aliphatic carbocycles. The fourth-order valence-electron chi connectivity index (χ4n) is 5.25.